The fourth-order valence-corrected chi connectivity index (χ4v) is 33.1. The van der Waals surface area contributed by atoms with Crippen molar-refractivity contribution < 1.29 is 24.7 Å². The maximum absolute atomic E-state index is 6.88. The minimum absolute atomic E-state index is 0.475. The van der Waals surface area contributed by atoms with Crippen LogP contribution in [0.4, 0.5) is 0 Å². The molecule has 242 valence electrons. The molecule has 6 nitrogen and oxygen atoms in total. The fraction of sp³-hybridized carbons (Fsp3) is 0.852. The molecule has 0 aliphatic heterocycles. The number of fused-ring (bicyclic) bond motifs is 2. The van der Waals surface area contributed by atoms with Crippen molar-refractivity contribution in [1.82, 2.24) is 0 Å². The summed E-state index contributed by atoms with van der Waals surface area (Å²) in [5, 5.41) is 0. The lowest BCUT2D eigenvalue weighted by Crippen LogP contribution is -2.63. The highest BCUT2D eigenvalue weighted by Gasteiger charge is 2.60. The molecule has 0 aromatic rings. The summed E-state index contributed by atoms with van der Waals surface area (Å²) in [6.07, 6.45) is 7.29. The first-order chi connectivity index (χ1) is 17.9. The van der Waals surface area contributed by atoms with E-state index in [2.05, 4.69) is 137 Å². The third-order valence-corrected chi connectivity index (χ3v) is 29.3. The predicted octanol–water partition coefficient (Wildman–Crippen LogP) is 9.65. The van der Waals surface area contributed by atoms with Gasteiger partial charge >= 0.3 is 17.6 Å². The van der Waals surface area contributed by atoms with Crippen molar-refractivity contribution in [1.29, 1.82) is 0 Å². The van der Waals surface area contributed by atoms with Crippen LogP contribution in [0.1, 0.15) is 12.8 Å². The van der Waals surface area contributed by atoms with E-state index in [-0.39, 0.29) is 0 Å². The van der Waals surface area contributed by atoms with Crippen molar-refractivity contribution in [2.45, 2.75) is 136 Å². The monoisotopic (exact) mass is 710 g/mol. The van der Waals surface area contributed by atoms with E-state index in [1.807, 2.05) is 5.70 Å². The molecule has 0 spiro atoms. The Hall–Kier alpha value is 0.975. The van der Waals surface area contributed by atoms with Crippen LogP contribution in [0, 0.1) is 11.8 Å². The summed E-state index contributed by atoms with van der Waals surface area (Å²) < 4.78 is 39.6. The van der Waals surface area contributed by atoms with Crippen LogP contribution in [-0.4, -0.2) is 67.5 Å². The highest BCUT2D eigenvalue weighted by molar-refractivity contribution is 6.92. The summed E-state index contributed by atoms with van der Waals surface area (Å²) in [7, 11) is -15.9. The van der Waals surface area contributed by atoms with Gasteiger partial charge in [-0.1, -0.05) is 12.2 Å². The van der Waals surface area contributed by atoms with Crippen LogP contribution in [0.5, 0.6) is 0 Å². The Morgan fingerprint density at radius 1 is 0.488 bits per heavy atom. The zero-order valence-electron chi connectivity index (χ0n) is 30.0. The van der Waals surface area contributed by atoms with Gasteiger partial charge in [-0.25, -0.2) is 0 Å². The molecule has 3 atom stereocenters. The van der Waals surface area contributed by atoms with Gasteiger partial charge in [-0.3, -0.25) is 0 Å². The van der Waals surface area contributed by atoms with Crippen molar-refractivity contribution in [2.75, 3.05) is 0 Å². The molecule has 41 heavy (non-hydrogen) atoms. The second-order valence-electron chi connectivity index (χ2n) is 17.6. The first-order valence-corrected chi connectivity index (χ1v) is 39.5. The summed E-state index contributed by atoms with van der Waals surface area (Å²) in [5.74, 6) is 1.33. The minimum atomic E-state index is -2.73. The van der Waals surface area contributed by atoms with Gasteiger partial charge in [0, 0.05) is 5.54 Å². The summed E-state index contributed by atoms with van der Waals surface area (Å²) >= 11 is 0. The van der Waals surface area contributed by atoms with Crippen LogP contribution in [0.3, 0.4) is 0 Å². The lowest BCUT2D eigenvalue weighted by atomic mass is 10.1. The van der Waals surface area contributed by atoms with E-state index in [9.17, 15) is 0 Å². The van der Waals surface area contributed by atoms with Crippen molar-refractivity contribution >= 4 is 67.5 Å². The van der Waals surface area contributed by atoms with Crippen molar-refractivity contribution in [3.63, 3.8) is 0 Å². The number of rotatable bonds is 14. The predicted molar refractivity (Wildman–Crippen MR) is 197 cm³/mol. The topological polar surface area (TPSA) is 55.4 Å². The van der Waals surface area contributed by atoms with Gasteiger partial charge in [0.1, 0.15) is 0 Å². The fourth-order valence-electron chi connectivity index (χ4n) is 5.22. The molecule has 2 aliphatic carbocycles. The lowest BCUT2D eigenvalue weighted by Gasteiger charge is -2.47. The average molecular weight is 712 g/mol. The molecule has 14 heteroatoms. The Labute approximate surface area is 263 Å². The standard InChI is InChI=1S/C16H36O3Si4.C11H30O3Si4/c1-20(2,3)17-23(18-21(4,5)6,19-22(7,8)9)16-13-14-10-11-15(16)12-14;1-11-18(12-15(2,3)4,13-16(5,6)7)14-17(8,9)10/h10-11,14-16H,12-13H2,1-9H3;11H,1H2,2-10H3. The highest BCUT2D eigenvalue weighted by atomic mass is 28.5. The van der Waals surface area contributed by atoms with E-state index in [0.717, 1.165) is 5.92 Å². The van der Waals surface area contributed by atoms with Gasteiger partial charge in [-0.15, -0.1) is 6.58 Å². The normalized spacial score (nSPS) is 22.5. The van der Waals surface area contributed by atoms with Crippen LogP contribution in [0.15, 0.2) is 24.4 Å². The number of hydrogen-bond acceptors (Lipinski definition) is 6. The Morgan fingerprint density at radius 3 is 1.00 bits per heavy atom. The zero-order chi connectivity index (χ0) is 32.5. The van der Waals surface area contributed by atoms with Crippen LogP contribution < -0.4 is 0 Å². The number of hydrogen-bond donors (Lipinski definition) is 0. The van der Waals surface area contributed by atoms with E-state index < -0.39 is 67.5 Å². The first kappa shape index (κ1) is 40.0. The molecule has 0 amide bonds. The van der Waals surface area contributed by atoms with Crippen LogP contribution >= 0.6 is 0 Å². The molecule has 2 rings (SSSR count). The maximum Gasteiger partial charge on any atom is 0.497 e. The Morgan fingerprint density at radius 2 is 0.805 bits per heavy atom. The maximum atomic E-state index is 6.88. The van der Waals surface area contributed by atoms with E-state index in [0.29, 0.717) is 11.5 Å². The third-order valence-electron chi connectivity index (χ3n) is 5.67. The molecule has 0 aromatic heterocycles. The highest BCUT2D eigenvalue weighted by Crippen LogP contribution is 2.54. The quantitative estimate of drug-likeness (QED) is 0.132. The van der Waals surface area contributed by atoms with Gasteiger partial charge in [-0.2, -0.15) is 0 Å². The zero-order valence-corrected chi connectivity index (χ0v) is 38.0. The molecule has 3 unspecified atom stereocenters. The molecular weight excluding hydrogens is 645 g/mol. The van der Waals surface area contributed by atoms with Gasteiger partial charge in [0.15, 0.2) is 49.9 Å². The van der Waals surface area contributed by atoms with E-state index >= 15 is 0 Å². The lowest BCUT2D eigenvalue weighted by molar-refractivity contribution is 0.226. The summed E-state index contributed by atoms with van der Waals surface area (Å²) in [5.41, 5.74) is 2.30. The number of allylic oxidation sites excluding steroid dienone is 2. The van der Waals surface area contributed by atoms with Gasteiger partial charge in [0.25, 0.3) is 0 Å². The molecule has 1 fully saturated rings. The summed E-state index contributed by atoms with van der Waals surface area (Å²) in [6.45, 7) is 43.9. The average Bonchev–Trinajstić information content (AvgIpc) is 3.23. The molecule has 0 saturated heterocycles. The first-order valence-electron chi connectivity index (χ1n) is 15.4. The van der Waals surface area contributed by atoms with Crippen molar-refractivity contribution in [2.24, 2.45) is 11.8 Å². The van der Waals surface area contributed by atoms with Gasteiger partial charge in [0.2, 0.25) is 0 Å². The Kier molecular flexibility index (Phi) is 13.4. The molecule has 0 radical (unpaired) electrons. The molecule has 0 heterocycles. The third kappa shape index (κ3) is 15.7. The van der Waals surface area contributed by atoms with Gasteiger partial charge in [0.05, 0.1) is 0 Å². The largest absolute Gasteiger partial charge is 0.497 e. The SMILES string of the molecule is C=C[Si](O[Si](C)(C)C)(O[Si](C)(C)C)O[Si](C)(C)C.C[Si](C)(C)O[Si](O[Si](C)(C)C)(O[Si](C)(C)C)C1CC2C=CC1C2. The minimum Gasteiger partial charge on any atom is -0.417 e. The van der Waals surface area contributed by atoms with E-state index in [4.69, 9.17) is 24.7 Å². The van der Waals surface area contributed by atoms with Crippen molar-refractivity contribution in [3.8, 4) is 0 Å². The Balaban J connectivity index is 0.000000425. The van der Waals surface area contributed by atoms with Gasteiger partial charge in [-0.05, 0) is 148 Å². The summed E-state index contributed by atoms with van der Waals surface area (Å²) in [4.78, 5) is 0. The van der Waals surface area contributed by atoms with Crippen LogP contribution in [0.25, 0.3) is 0 Å². The van der Waals surface area contributed by atoms with Crippen LogP contribution in [0.2, 0.25) is 123 Å². The molecule has 0 N–H and O–H groups in total. The molecule has 1 saturated carbocycles. The Bertz CT molecular complexity index is 807. The second kappa shape index (κ2) is 13.8. The second-order valence-corrected chi connectivity index (χ2v) is 51.4. The van der Waals surface area contributed by atoms with Crippen molar-refractivity contribution in [3.05, 3.63) is 24.4 Å². The van der Waals surface area contributed by atoms with Crippen LogP contribution in [-0.2, 0) is 24.7 Å². The van der Waals surface area contributed by atoms with E-state index in [1.165, 1.54) is 12.8 Å². The summed E-state index contributed by atoms with van der Waals surface area (Å²) in [6, 6.07) is 0. The smallest absolute Gasteiger partial charge is 0.417 e. The molecular formula is C27H66O6Si8. The van der Waals surface area contributed by atoms with E-state index in [1.54, 1.807) is 0 Å². The molecule has 2 aliphatic rings. The molecule has 0 aromatic carbocycles. The van der Waals surface area contributed by atoms with Gasteiger partial charge < -0.3 is 24.7 Å². The molecule has 2 bridgehead atoms.